The smallest absolute Gasteiger partial charge is 0.270 e. The summed E-state index contributed by atoms with van der Waals surface area (Å²) in [4.78, 5) is 38.0. The van der Waals surface area contributed by atoms with Crippen LogP contribution in [0.15, 0.2) is 53.6 Å². The van der Waals surface area contributed by atoms with E-state index < -0.39 is 10.8 Å². The minimum absolute atomic E-state index is 0.196. The lowest BCUT2D eigenvalue weighted by Gasteiger charge is -2.29. The largest absolute Gasteiger partial charge is 0.308 e. The van der Waals surface area contributed by atoms with Crippen LogP contribution in [0.4, 0.5) is 5.69 Å². The number of fused-ring (bicyclic) bond motifs is 2. The van der Waals surface area contributed by atoms with Gasteiger partial charge in [0, 0.05) is 31.0 Å². The number of carbonyl (C=O) groups excluding carboxylic acids is 3. The summed E-state index contributed by atoms with van der Waals surface area (Å²) in [5.41, 5.74) is 2.36. The molecule has 0 unspecified atom stereocenters. The van der Waals surface area contributed by atoms with E-state index in [1.54, 1.807) is 23.1 Å². The molecule has 2 heterocycles. The molecule has 2 aliphatic heterocycles. The highest BCUT2D eigenvalue weighted by Crippen LogP contribution is 2.54. The minimum Gasteiger partial charge on any atom is -0.308 e. The summed E-state index contributed by atoms with van der Waals surface area (Å²) in [7, 11) is 0. The molecule has 0 aromatic heterocycles. The Balaban J connectivity index is 1.75. The molecule has 0 radical (unpaired) electrons. The third-order valence-corrected chi connectivity index (χ3v) is 6.41. The molecule has 2 aromatic rings. The van der Waals surface area contributed by atoms with Crippen molar-refractivity contribution in [3.8, 4) is 0 Å². The molecule has 0 bridgehead atoms. The lowest BCUT2D eigenvalue weighted by atomic mass is 10.1. The predicted molar refractivity (Wildman–Crippen MR) is 117 cm³/mol. The zero-order valence-corrected chi connectivity index (χ0v) is 18.0. The molecule has 1 N–H and O–H groups in total. The van der Waals surface area contributed by atoms with E-state index in [-0.39, 0.29) is 17.0 Å². The van der Waals surface area contributed by atoms with E-state index in [2.05, 4.69) is 10.4 Å². The van der Waals surface area contributed by atoms with Gasteiger partial charge in [-0.15, -0.1) is 5.10 Å². The SMILES string of the molecule is CC(=O)NC1=NN(C(C)=O)[C@]2(S1)C(=O)N(CCc1ccccc1)c1ccc(Cl)cc12. The molecule has 30 heavy (non-hydrogen) atoms. The normalized spacial score (nSPS) is 19.8. The Kier molecular flexibility index (Phi) is 5.29. The number of anilines is 1. The fourth-order valence-corrected chi connectivity index (χ4v) is 5.19. The first-order valence-corrected chi connectivity index (χ1v) is 10.5. The van der Waals surface area contributed by atoms with E-state index in [4.69, 9.17) is 11.6 Å². The van der Waals surface area contributed by atoms with Gasteiger partial charge in [-0.25, -0.2) is 0 Å². The van der Waals surface area contributed by atoms with Gasteiger partial charge in [0.25, 0.3) is 5.91 Å². The predicted octanol–water partition coefficient (Wildman–Crippen LogP) is 3.08. The molecule has 0 aliphatic carbocycles. The number of rotatable bonds is 3. The van der Waals surface area contributed by atoms with Crippen LogP contribution in [-0.4, -0.2) is 34.4 Å². The quantitative estimate of drug-likeness (QED) is 0.791. The molecule has 1 atom stereocenters. The third kappa shape index (κ3) is 3.36. The molecule has 0 fully saturated rings. The first-order valence-electron chi connectivity index (χ1n) is 9.35. The number of amides is 3. The number of carbonyl (C=O) groups is 3. The Morgan fingerprint density at radius 3 is 2.57 bits per heavy atom. The molecule has 7 nitrogen and oxygen atoms in total. The Bertz CT molecular complexity index is 1080. The number of hydrogen-bond acceptors (Lipinski definition) is 5. The third-order valence-electron chi connectivity index (χ3n) is 4.93. The number of nitrogens with one attached hydrogen (secondary N) is 1. The van der Waals surface area contributed by atoms with E-state index in [9.17, 15) is 14.4 Å². The maximum atomic E-state index is 13.7. The summed E-state index contributed by atoms with van der Waals surface area (Å²) in [6.07, 6.45) is 0.648. The Hall–Kier alpha value is -2.84. The maximum absolute atomic E-state index is 13.7. The van der Waals surface area contributed by atoms with Crippen molar-refractivity contribution in [3.63, 3.8) is 0 Å². The molecule has 3 amide bonds. The molecule has 0 saturated heterocycles. The van der Waals surface area contributed by atoms with Crippen molar-refractivity contribution in [2.24, 2.45) is 5.10 Å². The van der Waals surface area contributed by atoms with Crippen LogP contribution < -0.4 is 10.2 Å². The highest BCUT2D eigenvalue weighted by atomic mass is 35.5. The zero-order valence-electron chi connectivity index (χ0n) is 16.4. The van der Waals surface area contributed by atoms with Crippen LogP contribution in [0, 0.1) is 0 Å². The standard InChI is InChI=1S/C21H19ClN4O3S/c1-13(27)23-20-24-26(14(2)28)21(30-20)17-12-16(22)8-9-18(17)25(19(21)29)11-10-15-6-4-3-5-7-15/h3-9,12H,10-11H2,1-2H3,(H,23,24,27)/t21-/m1/s1. The van der Waals surface area contributed by atoms with Crippen molar-refractivity contribution < 1.29 is 14.4 Å². The number of hydrazone groups is 1. The van der Waals surface area contributed by atoms with Gasteiger partial charge in [-0.2, -0.15) is 5.01 Å². The summed E-state index contributed by atoms with van der Waals surface area (Å²) in [6.45, 7) is 3.12. The van der Waals surface area contributed by atoms with Crippen LogP contribution in [-0.2, 0) is 25.7 Å². The first kappa shape index (κ1) is 20.4. The number of halogens is 1. The zero-order chi connectivity index (χ0) is 21.5. The molecule has 1 spiro atoms. The van der Waals surface area contributed by atoms with Crippen LogP contribution in [0.3, 0.4) is 0 Å². The maximum Gasteiger partial charge on any atom is 0.270 e. The van der Waals surface area contributed by atoms with Crippen molar-refractivity contribution in [1.82, 2.24) is 10.3 Å². The first-order chi connectivity index (χ1) is 14.3. The van der Waals surface area contributed by atoms with Crippen molar-refractivity contribution in [3.05, 3.63) is 64.7 Å². The highest BCUT2D eigenvalue weighted by molar-refractivity contribution is 8.15. The fourth-order valence-electron chi connectivity index (χ4n) is 3.69. The van der Waals surface area contributed by atoms with Gasteiger partial charge in [-0.05, 0) is 41.9 Å². The van der Waals surface area contributed by atoms with Crippen LogP contribution >= 0.6 is 23.4 Å². The number of nitrogens with zero attached hydrogens (tertiary/aromatic N) is 3. The van der Waals surface area contributed by atoms with E-state index >= 15 is 0 Å². The minimum atomic E-state index is -1.43. The molecule has 4 rings (SSSR count). The van der Waals surface area contributed by atoms with Crippen molar-refractivity contribution >= 4 is 51.9 Å². The fraction of sp³-hybridized carbons (Fsp3) is 0.238. The molecule has 2 aliphatic rings. The van der Waals surface area contributed by atoms with Gasteiger partial charge in [0.2, 0.25) is 16.7 Å². The molecular weight excluding hydrogens is 424 g/mol. The number of thioether (sulfide) groups is 1. The molecule has 9 heteroatoms. The average Bonchev–Trinajstić information content (AvgIpc) is 3.18. The molecule has 154 valence electrons. The summed E-state index contributed by atoms with van der Waals surface area (Å²) in [5.74, 6) is -1.04. The van der Waals surface area contributed by atoms with Crippen LogP contribution in [0.5, 0.6) is 0 Å². The molecule has 2 aromatic carbocycles. The number of benzene rings is 2. The second-order valence-electron chi connectivity index (χ2n) is 7.02. The van der Waals surface area contributed by atoms with Gasteiger partial charge >= 0.3 is 0 Å². The van der Waals surface area contributed by atoms with Gasteiger partial charge < -0.3 is 10.2 Å². The topological polar surface area (TPSA) is 82.1 Å². The Morgan fingerprint density at radius 1 is 1.17 bits per heavy atom. The number of hydrogen-bond donors (Lipinski definition) is 1. The Labute approximate surface area is 183 Å². The second kappa shape index (κ2) is 7.77. The van der Waals surface area contributed by atoms with Gasteiger partial charge in [-0.3, -0.25) is 14.4 Å². The van der Waals surface area contributed by atoms with Crippen LogP contribution in [0.1, 0.15) is 25.0 Å². The summed E-state index contributed by atoms with van der Waals surface area (Å²) < 4.78 is 0. The van der Waals surface area contributed by atoms with Gasteiger partial charge in [0.15, 0.2) is 5.17 Å². The van der Waals surface area contributed by atoms with Gasteiger partial charge in [0.1, 0.15) is 0 Å². The van der Waals surface area contributed by atoms with E-state index in [1.165, 1.54) is 13.8 Å². The van der Waals surface area contributed by atoms with E-state index in [0.717, 1.165) is 22.3 Å². The summed E-state index contributed by atoms with van der Waals surface area (Å²) >= 11 is 7.30. The lowest BCUT2D eigenvalue weighted by Crippen LogP contribution is -2.48. The van der Waals surface area contributed by atoms with Crippen LogP contribution in [0.25, 0.3) is 0 Å². The molecule has 0 saturated carbocycles. The summed E-state index contributed by atoms with van der Waals surface area (Å²) in [6, 6.07) is 15.0. The van der Waals surface area contributed by atoms with Crippen LogP contribution in [0.2, 0.25) is 5.02 Å². The monoisotopic (exact) mass is 442 g/mol. The average molecular weight is 443 g/mol. The lowest BCUT2D eigenvalue weighted by molar-refractivity contribution is -0.139. The Morgan fingerprint density at radius 2 is 1.90 bits per heavy atom. The van der Waals surface area contributed by atoms with Gasteiger partial charge in [0.05, 0.1) is 5.69 Å². The van der Waals surface area contributed by atoms with E-state index in [0.29, 0.717) is 29.2 Å². The van der Waals surface area contributed by atoms with Crippen molar-refractivity contribution in [2.75, 3.05) is 11.4 Å². The van der Waals surface area contributed by atoms with Crippen molar-refractivity contribution in [1.29, 1.82) is 0 Å². The second-order valence-corrected chi connectivity index (χ2v) is 8.64. The highest BCUT2D eigenvalue weighted by Gasteiger charge is 2.61. The molecular formula is C21H19ClN4O3S. The van der Waals surface area contributed by atoms with Crippen molar-refractivity contribution in [2.45, 2.75) is 25.1 Å². The number of amidine groups is 1. The van der Waals surface area contributed by atoms with E-state index in [1.807, 2.05) is 30.3 Å². The van der Waals surface area contributed by atoms with Gasteiger partial charge in [-0.1, -0.05) is 41.9 Å². The summed E-state index contributed by atoms with van der Waals surface area (Å²) in [5, 5.41) is 8.61.